The molecule has 1 amide bonds. The van der Waals surface area contributed by atoms with Gasteiger partial charge in [0.2, 0.25) is 12.3 Å². The Kier molecular flexibility index (Phi) is 13.2. The summed E-state index contributed by atoms with van der Waals surface area (Å²) in [5, 5.41) is 22.1. The van der Waals surface area contributed by atoms with E-state index in [0.29, 0.717) is 45.9 Å². The number of aliphatic hydroxyl groups is 2. The number of nitrogens with one attached hydrogen (secondary N) is 2. The van der Waals surface area contributed by atoms with Crippen molar-refractivity contribution in [2.75, 3.05) is 39.5 Å². The molecule has 0 aromatic carbocycles. The van der Waals surface area contributed by atoms with Crippen LogP contribution in [0.1, 0.15) is 26.2 Å². The van der Waals surface area contributed by atoms with Crippen LogP contribution in [0.25, 0.3) is 0 Å². The van der Waals surface area contributed by atoms with Crippen molar-refractivity contribution in [1.29, 1.82) is 0 Å². The Morgan fingerprint density at radius 3 is 2.53 bits per heavy atom. The molecule has 0 fully saturated rings. The van der Waals surface area contributed by atoms with Gasteiger partial charge < -0.3 is 25.0 Å². The molecule has 0 saturated carbocycles. The number of rotatable bonds is 13. The molecule has 0 aliphatic carbocycles. The van der Waals surface area contributed by atoms with E-state index in [9.17, 15) is 4.79 Å². The van der Waals surface area contributed by atoms with Crippen LogP contribution in [0.3, 0.4) is 0 Å². The quantitative estimate of drug-likeness (QED) is 0.259. The summed E-state index contributed by atoms with van der Waals surface area (Å²) in [4.78, 5) is 11.3. The molecule has 114 valence electrons. The van der Waals surface area contributed by atoms with E-state index in [2.05, 4.69) is 10.6 Å². The first-order valence-electron chi connectivity index (χ1n) is 6.68. The molecule has 0 heterocycles. The Bertz CT molecular complexity index is 214. The van der Waals surface area contributed by atoms with Crippen molar-refractivity contribution >= 4 is 5.91 Å². The summed E-state index contributed by atoms with van der Waals surface area (Å²) in [5.41, 5.74) is 0. The molecule has 19 heavy (non-hydrogen) atoms. The van der Waals surface area contributed by atoms with Crippen molar-refractivity contribution in [3.63, 3.8) is 0 Å². The highest BCUT2D eigenvalue weighted by Crippen LogP contribution is 1.87. The summed E-state index contributed by atoms with van der Waals surface area (Å²) in [5.74, 6) is -0.0128. The van der Waals surface area contributed by atoms with E-state index in [1.165, 1.54) is 0 Å². The molecule has 0 bridgehead atoms. The van der Waals surface area contributed by atoms with Gasteiger partial charge in [-0.3, -0.25) is 10.1 Å². The third kappa shape index (κ3) is 15.2. The molecule has 0 aliphatic rings. The van der Waals surface area contributed by atoms with Crippen molar-refractivity contribution < 1.29 is 24.5 Å². The average Bonchev–Trinajstić information content (AvgIpc) is 2.37. The fraction of sp³-hybridized carbons (Fsp3) is 0.917. The van der Waals surface area contributed by atoms with Gasteiger partial charge in [0, 0.05) is 32.7 Å². The molecule has 7 nitrogen and oxygen atoms in total. The number of hydrogen-bond acceptors (Lipinski definition) is 6. The van der Waals surface area contributed by atoms with Crippen molar-refractivity contribution in [2.24, 2.45) is 0 Å². The second-order valence-corrected chi connectivity index (χ2v) is 4.01. The normalized spacial score (nSPS) is 10.9. The summed E-state index contributed by atoms with van der Waals surface area (Å²) >= 11 is 0. The van der Waals surface area contributed by atoms with Crippen LogP contribution in [0.15, 0.2) is 0 Å². The number of ether oxygens (including phenoxy) is 2. The molecule has 0 saturated heterocycles. The lowest BCUT2D eigenvalue weighted by atomic mass is 10.4. The number of amides is 1. The highest BCUT2D eigenvalue weighted by atomic mass is 16.5. The summed E-state index contributed by atoms with van der Waals surface area (Å²) in [6, 6.07) is 0. The van der Waals surface area contributed by atoms with Gasteiger partial charge in [-0.25, -0.2) is 0 Å². The number of carbonyl (C=O) groups excluding carboxylic acids is 1. The standard InChI is InChI=1S/C12H26N2O5/c1-2-7-18-9-4-11(15)13-5-3-8-19-10-6-14-12(16)17/h12,14,16-17H,2-10H2,1H3,(H,13,15). The molecule has 0 atom stereocenters. The molecule has 0 spiro atoms. The molecule has 4 N–H and O–H groups in total. The fourth-order valence-corrected chi connectivity index (χ4v) is 1.26. The van der Waals surface area contributed by atoms with Crippen LogP contribution in [0.4, 0.5) is 0 Å². The maximum atomic E-state index is 11.3. The molecule has 0 radical (unpaired) electrons. The van der Waals surface area contributed by atoms with E-state index >= 15 is 0 Å². The van der Waals surface area contributed by atoms with Gasteiger partial charge in [0.1, 0.15) is 0 Å². The monoisotopic (exact) mass is 278 g/mol. The third-order valence-electron chi connectivity index (χ3n) is 2.18. The molecule has 7 heteroatoms. The van der Waals surface area contributed by atoms with Crippen LogP contribution in [0.2, 0.25) is 0 Å². The van der Waals surface area contributed by atoms with Crippen molar-refractivity contribution in [3.8, 4) is 0 Å². The van der Waals surface area contributed by atoms with Gasteiger partial charge in [-0.1, -0.05) is 6.92 Å². The molecule has 0 aromatic rings. The number of aliphatic hydroxyl groups excluding tert-OH is 1. The van der Waals surface area contributed by atoms with Crippen LogP contribution in [-0.2, 0) is 14.3 Å². The Morgan fingerprint density at radius 1 is 1.11 bits per heavy atom. The highest BCUT2D eigenvalue weighted by molar-refractivity contribution is 5.75. The second-order valence-electron chi connectivity index (χ2n) is 4.01. The molecular weight excluding hydrogens is 252 g/mol. The van der Waals surface area contributed by atoms with Crippen LogP contribution in [0, 0.1) is 0 Å². The molecule has 0 aliphatic heterocycles. The second kappa shape index (κ2) is 13.7. The van der Waals surface area contributed by atoms with Gasteiger partial charge in [0.25, 0.3) is 0 Å². The molecule has 0 aromatic heterocycles. The zero-order chi connectivity index (χ0) is 14.3. The zero-order valence-corrected chi connectivity index (χ0v) is 11.6. The molecular formula is C12H26N2O5. The lowest BCUT2D eigenvalue weighted by Crippen LogP contribution is -2.31. The molecule has 0 unspecified atom stereocenters. The molecule has 0 rings (SSSR count). The van der Waals surface area contributed by atoms with E-state index in [1.54, 1.807) is 0 Å². The van der Waals surface area contributed by atoms with Crippen LogP contribution >= 0.6 is 0 Å². The van der Waals surface area contributed by atoms with E-state index in [4.69, 9.17) is 19.7 Å². The van der Waals surface area contributed by atoms with Gasteiger partial charge in [-0.2, -0.15) is 0 Å². The third-order valence-corrected chi connectivity index (χ3v) is 2.18. The van der Waals surface area contributed by atoms with Crippen molar-refractivity contribution in [1.82, 2.24) is 10.6 Å². The van der Waals surface area contributed by atoms with Crippen molar-refractivity contribution in [3.05, 3.63) is 0 Å². The van der Waals surface area contributed by atoms with Gasteiger partial charge in [0.05, 0.1) is 13.2 Å². The number of hydrogen-bond donors (Lipinski definition) is 4. The average molecular weight is 278 g/mol. The Balaban J connectivity index is 3.14. The maximum absolute atomic E-state index is 11.3. The largest absolute Gasteiger partial charge is 0.381 e. The minimum atomic E-state index is -1.50. The van der Waals surface area contributed by atoms with Gasteiger partial charge in [0.15, 0.2) is 0 Å². The van der Waals surface area contributed by atoms with Gasteiger partial charge >= 0.3 is 0 Å². The van der Waals surface area contributed by atoms with Crippen LogP contribution in [-0.4, -0.2) is 62.1 Å². The van der Waals surface area contributed by atoms with E-state index in [1.807, 2.05) is 6.92 Å². The minimum absolute atomic E-state index is 0.0128. The van der Waals surface area contributed by atoms with Gasteiger partial charge in [-0.15, -0.1) is 0 Å². The highest BCUT2D eigenvalue weighted by Gasteiger charge is 2.00. The number of carbonyl (C=O) groups is 1. The van der Waals surface area contributed by atoms with E-state index in [-0.39, 0.29) is 5.91 Å². The first-order chi connectivity index (χ1) is 9.16. The topological polar surface area (TPSA) is 100 Å². The van der Waals surface area contributed by atoms with E-state index in [0.717, 1.165) is 12.8 Å². The summed E-state index contributed by atoms with van der Waals surface area (Å²) in [7, 11) is 0. The summed E-state index contributed by atoms with van der Waals surface area (Å²) < 4.78 is 10.4. The summed E-state index contributed by atoms with van der Waals surface area (Å²) in [6.07, 6.45) is 0.571. The van der Waals surface area contributed by atoms with Crippen molar-refractivity contribution in [2.45, 2.75) is 32.6 Å². The predicted octanol–water partition coefficient (Wildman–Crippen LogP) is -0.816. The maximum Gasteiger partial charge on any atom is 0.222 e. The SMILES string of the molecule is CCCOCCC(=O)NCCCOCCNC(O)O. The Morgan fingerprint density at radius 2 is 1.84 bits per heavy atom. The first kappa shape index (κ1) is 18.3. The Hall–Kier alpha value is -0.730. The lowest BCUT2D eigenvalue weighted by Gasteiger charge is -2.08. The van der Waals surface area contributed by atoms with Gasteiger partial charge in [-0.05, 0) is 12.8 Å². The minimum Gasteiger partial charge on any atom is -0.381 e. The Labute approximate surface area is 114 Å². The van der Waals surface area contributed by atoms with Crippen LogP contribution in [0.5, 0.6) is 0 Å². The summed E-state index contributed by atoms with van der Waals surface area (Å²) in [6.45, 7) is 5.05. The zero-order valence-electron chi connectivity index (χ0n) is 11.6. The van der Waals surface area contributed by atoms with E-state index < -0.39 is 6.41 Å². The predicted molar refractivity (Wildman–Crippen MR) is 70.4 cm³/mol. The smallest absolute Gasteiger partial charge is 0.222 e. The fourth-order valence-electron chi connectivity index (χ4n) is 1.26. The van der Waals surface area contributed by atoms with Crippen LogP contribution < -0.4 is 10.6 Å². The first-order valence-corrected chi connectivity index (χ1v) is 6.68. The lowest BCUT2D eigenvalue weighted by molar-refractivity contribution is -0.122.